The number of nitrogens with two attached hydrogens (primary N) is 1. The molecule has 0 saturated carbocycles. The fraction of sp³-hybridized carbons (Fsp3) is 0.242. The Morgan fingerprint density at radius 3 is 2.51 bits per heavy atom. The van der Waals surface area contributed by atoms with Crippen LogP contribution in [-0.4, -0.2) is 38.5 Å². The van der Waals surface area contributed by atoms with Crippen LogP contribution in [0.5, 0.6) is 0 Å². The standard InChI is InChI=1S/C33H33BrN6O/c1-21-12-13-22(2)28(18-21)37-31-27(33(41)39-16-14-24(15-17-39)23-8-4-3-5-9-23)20-36-32-29(34)30(38-40(31)32)26-11-7-6-10-25(26)19-35/h3-13,18,20,24,37H,14-17,19,35H2,1-2H3. The molecule has 8 heteroatoms. The second kappa shape index (κ2) is 11.5. The lowest BCUT2D eigenvalue weighted by molar-refractivity contribution is 0.0713. The summed E-state index contributed by atoms with van der Waals surface area (Å²) >= 11 is 3.75. The maximum Gasteiger partial charge on any atom is 0.259 e. The number of hydrogen-bond acceptors (Lipinski definition) is 5. The van der Waals surface area contributed by atoms with E-state index in [1.165, 1.54) is 5.56 Å². The van der Waals surface area contributed by atoms with Crippen molar-refractivity contribution in [2.24, 2.45) is 5.73 Å². The van der Waals surface area contributed by atoms with Gasteiger partial charge in [-0.1, -0.05) is 66.7 Å². The maximum absolute atomic E-state index is 14.1. The lowest BCUT2D eigenvalue weighted by Crippen LogP contribution is -2.38. The minimum absolute atomic E-state index is 0.0470. The van der Waals surface area contributed by atoms with Gasteiger partial charge in [0.2, 0.25) is 0 Å². The molecule has 0 unspecified atom stereocenters. The van der Waals surface area contributed by atoms with Crippen molar-refractivity contribution in [2.45, 2.75) is 39.2 Å². The van der Waals surface area contributed by atoms with Crippen LogP contribution in [0.2, 0.25) is 0 Å². The van der Waals surface area contributed by atoms with E-state index >= 15 is 0 Å². The highest BCUT2D eigenvalue weighted by Gasteiger charge is 2.29. The molecule has 0 aliphatic carbocycles. The van der Waals surface area contributed by atoms with E-state index in [1.807, 2.05) is 35.2 Å². The Kier molecular flexibility index (Phi) is 7.60. The van der Waals surface area contributed by atoms with Crippen molar-refractivity contribution in [3.05, 3.63) is 111 Å². The molecular formula is C33H33BrN6O. The van der Waals surface area contributed by atoms with E-state index in [9.17, 15) is 4.79 Å². The predicted molar refractivity (Wildman–Crippen MR) is 168 cm³/mol. The molecule has 1 fully saturated rings. The van der Waals surface area contributed by atoms with Gasteiger partial charge in [-0.3, -0.25) is 4.79 Å². The largest absolute Gasteiger partial charge is 0.339 e. The van der Waals surface area contributed by atoms with E-state index in [0.29, 0.717) is 42.6 Å². The van der Waals surface area contributed by atoms with Crippen LogP contribution in [0.3, 0.4) is 0 Å². The van der Waals surface area contributed by atoms with Crippen LogP contribution in [0, 0.1) is 13.8 Å². The number of hydrogen-bond donors (Lipinski definition) is 2. The van der Waals surface area contributed by atoms with Crippen LogP contribution in [0.15, 0.2) is 83.5 Å². The molecule has 0 atom stereocenters. The van der Waals surface area contributed by atoms with Crippen LogP contribution < -0.4 is 11.1 Å². The first kappa shape index (κ1) is 27.2. The quantitative estimate of drug-likeness (QED) is 0.217. The lowest BCUT2D eigenvalue weighted by atomic mass is 9.89. The minimum Gasteiger partial charge on any atom is -0.339 e. The molecule has 1 aliphatic rings. The number of aryl methyl sites for hydroxylation is 2. The van der Waals surface area contributed by atoms with E-state index < -0.39 is 0 Å². The number of aromatic nitrogens is 3. The molecule has 1 aliphatic heterocycles. The molecule has 0 spiro atoms. The number of carbonyl (C=O) groups excluding carboxylic acids is 1. The second-order valence-corrected chi connectivity index (χ2v) is 11.5. The number of rotatable bonds is 6. The molecule has 1 saturated heterocycles. The molecule has 0 bridgehead atoms. The minimum atomic E-state index is -0.0470. The molecule has 1 amide bonds. The SMILES string of the molecule is Cc1ccc(C)c(Nc2c(C(=O)N3CCC(c4ccccc4)CC3)cnc3c(Br)c(-c4ccccc4CN)nn23)c1. The molecule has 2 aromatic heterocycles. The van der Waals surface area contributed by atoms with Crippen LogP contribution in [0.4, 0.5) is 11.5 Å². The van der Waals surface area contributed by atoms with Gasteiger partial charge >= 0.3 is 0 Å². The fourth-order valence-corrected chi connectivity index (χ4v) is 6.21. The van der Waals surface area contributed by atoms with Crippen LogP contribution in [0.1, 0.15) is 51.4 Å². The van der Waals surface area contributed by atoms with E-state index in [0.717, 1.165) is 50.9 Å². The van der Waals surface area contributed by atoms with Crippen molar-refractivity contribution in [2.75, 3.05) is 18.4 Å². The Labute approximate surface area is 248 Å². The first-order chi connectivity index (χ1) is 19.9. The van der Waals surface area contributed by atoms with Crippen molar-refractivity contribution >= 4 is 39.0 Å². The number of carbonyl (C=O) groups is 1. The Balaban J connectivity index is 1.42. The highest BCUT2D eigenvalue weighted by molar-refractivity contribution is 9.10. The Hall–Kier alpha value is -4.01. The summed E-state index contributed by atoms with van der Waals surface area (Å²) < 4.78 is 2.50. The Morgan fingerprint density at radius 1 is 1.02 bits per heavy atom. The third-order valence-corrected chi connectivity index (χ3v) is 8.74. The summed E-state index contributed by atoms with van der Waals surface area (Å²) in [5.74, 6) is 1.01. The molecule has 41 heavy (non-hydrogen) atoms. The van der Waals surface area contributed by atoms with Crippen molar-refractivity contribution in [1.29, 1.82) is 0 Å². The third-order valence-electron chi connectivity index (χ3n) is 8.01. The number of likely N-dealkylation sites (tertiary alicyclic amines) is 1. The number of fused-ring (bicyclic) bond motifs is 1. The van der Waals surface area contributed by atoms with Crippen molar-refractivity contribution < 1.29 is 4.79 Å². The molecule has 3 heterocycles. The highest BCUT2D eigenvalue weighted by atomic mass is 79.9. The molecule has 0 radical (unpaired) electrons. The van der Waals surface area contributed by atoms with Crippen molar-refractivity contribution in [3.63, 3.8) is 0 Å². The Morgan fingerprint density at radius 2 is 1.76 bits per heavy atom. The number of halogens is 1. The second-order valence-electron chi connectivity index (χ2n) is 10.7. The lowest BCUT2D eigenvalue weighted by Gasteiger charge is -2.32. The number of nitrogens with zero attached hydrogens (tertiary/aromatic N) is 4. The normalized spacial score (nSPS) is 14.0. The molecular weight excluding hydrogens is 576 g/mol. The number of benzene rings is 3. The summed E-state index contributed by atoms with van der Waals surface area (Å²) in [6.07, 6.45) is 3.54. The van der Waals surface area contributed by atoms with Gasteiger partial charge in [-0.05, 0) is 76.9 Å². The summed E-state index contributed by atoms with van der Waals surface area (Å²) in [6.45, 7) is 5.88. The highest BCUT2D eigenvalue weighted by Crippen LogP contribution is 2.36. The summed E-state index contributed by atoms with van der Waals surface area (Å²) in [6, 6.07) is 24.8. The third kappa shape index (κ3) is 5.25. The number of nitrogens with one attached hydrogen (secondary N) is 1. The summed E-state index contributed by atoms with van der Waals surface area (Å²) in [4.78, 5) is 20.8. The van der Waals surface area contributed by atoms with Gasteiger partial charge < -0.3 is 16.0 Å². The van der Waals surface area contributed by atoms with Gasteiger partial charge in [0.1, 0.15) is 17.1 Å². The van der Waals surface area contributed by atoms with E-state index in [1.54, 1.807) is 10.7 Å². The van der Waals surface area contributed by atoms with Gasteiger partial charge in [0, 0.05) is 37.1 Å². The molecule has 5 aromatic rings. The van der Waals surface area contributed by atoms with E-state index in [4.69, 9.17) is 15.8 Å². The summed E-state index contributed by atoms with van der Waals surface area (Å²) in [7, 11) is 0. The topological polar surface area (TPSA) is 88.5 Å². The fourth-order valence-electron chi connectivity index (χ4n) is 5.65. The monoisotopic (exact) mass is 608 g/mol. The summed E-state index contributed by atoms with van der Waals surface area (Å²) in [5, 5.41) is 8.57. The van der Waals surface area contributed by atoms with E-state index in [-0.39, 0.29) is 5.91 Å². The Bertz CT molecular complexity index is 1720. The first-order valence-electron chi connectivity index (χ1n) is 14.0. The van der Waals surface area contributed by atoms with Crippen LogP contribution in [0.25, 0.3) is 16.9 Å². The zero-order chi connectivity index (χ0) is 28.5. The molecule has 7 nitrogen and oxygen atoms in total. The van der Waals surface area contributed by atoms with Gasteiger partial charge in [0.25, 0.3) is 5.91 Å². The first-order valence-corrected chi connectivity index (χ1v) is 14.8. The molecule has 3 N–H and O–H groups in total. The molecule has 3 aromatic carbocycles. The number of piperidine rings is 1. The van der Waals surface area contributed by atoms with Crippen molar-refractivity contribution in [1.82, 2.24) is 19.5 Å². The smallest absolute Gasteiger partial charge is 0.259 e. The van der Waals surface area contributed by atoms with Crippen LogP contribution in [-0.2, 0) is 6.54 Å². The van der Waals surface area contributed by atoms with Crippen molar-refractivity contribution in [3.8, 4) is 11.3 Å². The number of anilines is 2. The van der Waals surface area contributed by atoms with E-state index in [2.05, 4.69) is 77.6 Å². The van der Waals surface area contributed by atoms with Gasteiger partial charge in [0.15, 0.2) is 5.65 Å². The molecule has 6 rings (SSSR count). The average Bonchev–Trinajstić information content (AvgIpc) is 3.35. The number of amides is 1. The predicted octanol–water partition coefficient (Wildman–Crippen LogP) is 7.00. The zero-order valence-corrected chi connectivity index (χ0v) is 24.9. The van der Waals surface area contributed by atoms with Crippen LogP contribution >= 0.6 is 15.9 Å². The molecule has 208 valence electrons. The maximum atomic E-state index is 14.1. The van der Waals surface area contributed by atoms with Gasteiger partial charge in [-0.15, -0.1) is 0 Å². The average molecular weight is 610 g/mol. The zero-order valence-electron chi connectivity index (χ0n) is 23.3. The van der Waals surface area contributed by atoms with Gasteiger partial charge in [-0.2, -0.15) is 9.61 Å². The summed E-state index contributed by atoms with van der Waals surface area (Å²) in [5.41, 5.74) is 14.3. The van der Waals surface area contributed by atoms with Gasteiger partial charge in [-0.25, -0.2) is 4.98 Å². The van der Waals surface area contributed by atoms with Gasteiger partial charge in [0.05, 0.1) is 4.47 Å².